The number of hydrogen-bond donors (Lipinski definition) is 1. The van der Waals surface area contributed by atoms with E-state index in [0.717, 1.165) is 38.9 Å². The molecule has 0 saturated carbocycles. The van der Waals surface area contributed by atoms with Gasteiger partial charge < -0.3 is 19.4 Å². The number of aromatic nitrogens is 4. The first-order valence-corrected chi connectivity index (χ1v) is 12.7. The Kier molecular flexibility index (Phi) is 5.08. The molecule has 1 N–H and O–H groups in total. The van der Waals surface area contributed by atoms with Gasteiger partial charge in [0.15, 0.2) is 0 Å². The summed E-state index contributed by atoms with van der Waals surface area (Å²) < 4.78 is 46.3. The molecule has 194 valence electrons. The number of rotatable bonds is 2. The molecule has 2 aliphatic heterocycles. The monoisotopic (exact) mass is 518 g/mol. The number of imidazole rings is 1. The quantitative estimate of drug-likeness (QED) is 0.323. The first-order chi connectivity index (χ1) is 18.4. The van der Waals surface area contributed by atoms with Crippen LogP contribution in [0.1, 0.15) is 18.4 Å². The van der Waals surface area contributed by atoms with Crippen molar-refractivity contribution in [2.24, 2.45) is 0 Å². The van der Waals surface area contributed by atoms with Gasteiger partial charge in [-0.3, -0.25) is 4.40 Å². The molecule has 1 saturated heterocycles. The zero-order valence-corrected chi connectivity index (χ0v) is 20.5. The highest BCUT2D eigenvalue weighted by molar-refractivity contribution is 6.01. The second kappa shape index (κ2) is 8.41. The van der Waals surface area contributed by atoms with Crippen molar-refractivity contribution in [1.82, 2.24) is 28.7 Å². The average molecular weight is 519 g/mol. The molecule has 7 nitrogen and oxygen atoms in total. The van der Waals surface area contributed by atoms with E-state index in [4.69, 9.17) is 0 Å². The molecule has 0 unspecified atom stereocenters. The van der Waals surface area contributed by atoms with Crippen molar-refractivity contribution in [2.45, 2.75) is 31.9 Å². The number of fused-ring (bicyclic) bond motifs is 1. The standard InChI is InChI=1S/C28H25F3N6O/c29-19-11-18-16-36(27(38)34-7-4-28(30,31)5-8-34)10-9-35-17-23(20(12-19)26(18)35)21-13-32-14-22(21)24-15-33-25-3-1-2-6-37(24)25/h1-3,6,11-15,17,32H,4-5,7-10,16H2. The summed E-state index contributed by atoms with van der Waals surface area (Å²) in [5.74, 6) is -3.11. The number of benzene rings is 1. The van der Waals surface area contributed by atoms with Gasteiger partial charge in [-0.15, -0.1) is 0 Å². The second-order valence-electron chi connectivity index (χ2n) is 10.1. The largest absolute Gasteiger partial charge is 0.366 e. The maximum Gasteiger partial charge on any atom is 0.320 e. The van der Waals surface area contributed by atoms with Crippen LogP contribution in [0.15, 0.2) is 61.3 Å². The number of piperidine rings is 1. The van der Waals surface area contributed by atoms with Gasteiger partial charge in [-0.1, -0.05) is 6.07 Å². The summed E-state index contributed by atoms with van der Waals surface area (Å²) in [6.07, 6.45) is 8.98. The third kappa shape index (κ3) is 3.66. The zero-order chi connectivity index (χ0) is 26.0. The summed E-state index contributed by atoms with van der Waals surface area (Å²) in [6, 6.07) is 8.57. The number of H-pyrrole nitrogens is 1. The molecular formula is C28H25F3N6O. The van der Waals surface area contributed by atoms with Crippen LogP contribution in [0.2, 0.25) is 0 Å². The van der Waals surface area contributed by atoms with Gasteiger partial charge in [0.1, 0.15) is 11.5 Å². The van der Waals surface area contributed by atoms with Gasteiger partial charge in [-0.05, 0) is 29.8 Å². The molecule has 0 spiro atoms. The highest BCUT2D eigenvalue weighted by atomic mass is 19.3. The van der Waals surface area contributed by atoms with Crippen LogP contribution in [-0.2, 0) is 13.1 Å². The number of alkyl halides is 2. The van der Waals surface area contributed by atoms with Gasteiger partial charge in [0.2, 0.25) is 0 Å². The summed E-state index contributed by atoms with van der Waals surface area (Å²) in [4.78, 5) is 24.1. The van der Waals surface area contributed by atoms with Crippen LogP contribution in [0.25, 0.3) is 38.9 Å². The smallest absolute Gasteiger partial charge is 0.320 e. The van der Waals surface area contributed by atoms with Crippen LogP contribution in [-0.4, -0.2) is 60.3 Å². The Labute approximate surface area is 216 Å². The number of carbonyl (C=O) groups excluding carboxylic acids is 1. The van der Waals surface area contributed by atoms with Crippen molar-refractivity contribution < 1.29 is 18.0 Å². The fourth-order valence-electron chi connectivity index (χ4n) is 5.83. The number of nitrogens with one attached hydrogen (secondary N) is 1. The number of aromatic amines is 1. The summed E-state index contributed by atoms with van der Waals surface area (Å²) in [6.45, 7) is 1.18. The molecule has 0 aliphatic carbocycles. The van der Waals surface area contributed by atoms with Crippen LogP contribution in [0.4, 0.5) is 18.0 Å². The Morgan fingerprint density at radius 3 is 2.63 bits per heavy atom. The molecule has 2 amide bonds. The van der Waals surface area contributed by atoms with Gasteiger partial charge in [0, 0.05) is 92.4 Å². The third-order valence-corrected chi connectivity index (χ3v) is 7.75. The third-order valence-electron chi connectivity index (χ3n) is 7.75. The lowest BCUT2D eigenvalue weighted by Gasteiger charge is -2.35. The van der Waals surface area contributed by atoms with E-state index in [9.17, 15) is 18.0 Å². The number of amides is 2. The van der Waals surface area contributed by atoms with E-state index >= 15 is 0 Å². The molecular weight excluding hydrogens is 493 g/mol. The molecule has 7 rings (SSSR count). The van der Waals surface area contributed by atoms with Crippen molar-refractivity contribution in [3.05, 3.63) is 72.7 Å². The number of carbonyl (C=O) groups is 1. The van der Waals surface area contributed by atoms with E-state index in [0.29, 0.717) is 18.7 Å². The predicted octanol–water partition coefficient (Wildman–Crippen LogP) is 5.76. The molecule has 4 aromatic heterocycles. The van der Waals surface area contributed by atoms with E-state index in [1.807, 2.05) is 53.6 Å². The number of hydrogen-bond acceptors (Lipinski definition) is 2. The topological polar surface area (TPSA) is 61.6 Å². The van der Waals surface area contributed by atoms with E-state index in [1.165, 1.54) is 11.0 Å². The Morgan fingerprint density at radius 1 is 0.974 bits per heavy atom. The molecule has 38 heavy (non-hydrogen) atoms. The van der Waals surface area contributed by atoms with Crippen molar-refractivity contribution in [3.63, 3.8) is 0 Å². The molecule has 5 aromatic rings. The van der Waals surface area contributed by atoms with Crippen molar-refractivity contribution in [1.29, 1.82) is 0 Å². The molecule has 1 fully saturated rings. The minimum atomic E-state index is -2.72. The Morgan fingerprint density at radius 2 is 1.79 bits per heavy atom. The lowest BCUT2D eigenvalue weighted by atomic mass is 10.0. The van der Waals surface area contributed by atoms with Gasteiger partial charge in [0.05, 0.1) is 17.4 Å². The van der Waals surface area contributed by atoms with Gasteiger partial charge in [-0.25, -0.2) is 22.9 Å². The second-order valence-corrected chi connectivity index (χ2v) is 10.1. The van der Waals surface area contributed by atoms with Crippen molar-refractivity contribution in [3.8, 4) is 22.4 Å². The maximum atomic E-state index is 15.0. The van der Waals surface area contributed by atoms with E-state index in [-0.39, 0.29) is 44.3 Å². The lowest BCUT2D eigenvalue weighted by Crippen LogP contribution is -2.49. The minimum absolute atomic E-state index is 0.0247. The molecule has 0 radical (unpaired) electrons. The molecule has 1 aromatic carbocycles. The van der Waals surface area contributed by atoms with Crippen LogP contribution in [0.5, 0.6) is 0 Å². The number of urea groups is 1. The van der Waals surface area contributed by atoms with Crippen molar-refractivity contribution >= 4 is 22.6 Å². The Balaban J connectivity index is 1.27. The maximum absolute atomic E-state index is 15.0. The molecule has 2 aliphatic rings. The van der Waals surface area contributed by atoms with Crippen molar-refractivity contribution in [2.75, 3.05) is 19.6 Å². The molecule has 6 heterocycles. The number of nitrogens with zero attached hydrogens (tertiary/aromatic N) is 5. The normalized spacial score (nSPS) is 17.3. The summed E-state index contributed by atoms with van der Waals surface area (Å²) in [5.41, 5.74) is 6.11. The van der Waals surface area contributed by atoms with Gasteiger partial charge in [0.25, 0.3) is 5.92 Å². The summed E-state index contributed by atoms with van der Waals surface area (Å²) in [7, 11) is 0. The van der Waals surface area contributed by atoms with Crippen LogP contribution >= 0.6 is 0 Å². The first-order valence-electron chi connectivity index (χ1n) is 12.7. The highest BCUT2D eigenvalue weighted by Gasteiger charge is 2.37. The summed E-state index contributed by atoms with van der Waals surface area (Å²) in [5, 5.41) is 0.765. The number of pyridine rings is 1. The molecule has 0 atom stereocenters. The van der Waals surface area contributed by atoms with Gasteiger partial charge in [-0.2, -0.15) is 0 Å². The first kappa shape index (κ1) is 22.9. The number of likely N-dealkylation sites (tertiary alicyclic amines) is 1. The summed E-state index contributed by atoms with van der Waals surface area (Å²) >= 11 is 0. The molecule has 10 heteroatoms. The average Bonchev–Trinajstić information content (AvgIpc) is 3.59. The van der Waals surface area contributed by atoms with Crippen LogP contribution < -0.4 is 0 Å². The minimum Gasteiger partial charge on any atom is -0.366 e. The highest BCUT2D eigenvalue weighted by Crippen LogP contribution is 2.40. The van der Waals surface area contributed by atoms with E-state index in [1.54, 1.807) is 11.0 Å². The lowest BCUT2D eigenvalue weighted by molar-refractivity contribution is -0.0493. The van der Waals surface area contributed by atoms with Crippen LogP contribution in [0, 0.1) is 5.82 Å². The predicted molar refractivity (Wildman–Crippen MR) is 137 cm³/mol. The fourth-order valence-corrected chi connectivity index (χ4v) is 5.83. The fraction of sp³-hybridized carbons (Fsp3) is 0.286. The molecule has 0 bridgehead atoms. The van der Waals surface area contributed by atoms with Gasteiger partial charge >= 0.3 is 6.03 Å². The van der Waals surface area contributed by atoms with Crippen LogP contribution in [0.3, 0.4) is 0 Å². The van der Waals surface area contributed by atoms with E-state index < -0.39 is 5.92 Å². The van der Waals surface area contributed by atoms with E-state index in [2.05, 4.69) is 14.5 Å². The Bertz CT molecular complexity index is 1690. The zero-order valence-electron chi connectivity index (χ0n) is 20.5. The number of halogens is 3. The SMILES string of the molecule is O=C(N1CCC(F)(F)CC1)N1CCn2cc(-c3c[nH]cc3-c3cnc4ccccn34)c3cc(F)cc(c32)C1. The Hall–Kier alpha value is -4.21.